The highest BCUT2D eigenvalue weighted by Crippen LogP contribution is 2.20. The normalized spacial score (nSPS) is 12.7. The lowest BCUT2D eigenvalue weighted by Gasteiger charge is -2.07. The van der Waals surface area contributed by atoms with Crippen LogP contribution in [0.2, 0.25) is 0 Å². The van der Waals surface area contributed by atoms with E-state index in [4.69, 9.17) is 10.2 Å². The van der Waals surface area contributed by atoms with Crippen molar-refractivity contribution in [2.45, 2.75) is 12.5 Å². The molecule has 0 saturated heterocycles. The highest BCUT2D eigenvalue weighted by molar-refractivity contribution is 9.10. The summed E-state index contributed by atoms with van der Waals surface area (Å²) < 4.78 is 6.08. The highest BCUT2D eigenvalue weighted by Gasteiger charge is 2.11. The molecule has 0 aliphatic carbocycles. The zero-order valence-corrected chi connectivity index (χ0v) is 9.65. The van der Waals surface area contributed by atoms with Crippen LogP contribution in [0.4, 0.5) is 0 Å². The van der Waals surface area contributed by atoms with Gasteiger partial charge in [-0.2, -0.15) is 0 Å². The molecule has 2 aromatic heterocycles. The summed E-state index contributed by atoms with van der Waals surface area (Å²) in [5.74, 6) is 0.771. The van der Waals surface area contributed by atoms with Gasteiger partial charge in [0.05, 0.1) is 6.04 Å². The van der Waals surface area contributed by atoms with Crippen molar-refractivity contribution in [3.63, 3.8) is 0 Å². The first-order valence-electron chi connectivity index (χ1n) is 4.66. The summed E-state index contributed by atoms with van der Waals surface area (Å²) in [7, 11) is 0. The van der Waals surface area contributed by atoms with Crippen molar-refractivity contribution in [2.75, 3.05) is 0 Å². The molecule has 2 heterocycles. The number of aromatic nitrogens is 1. The Morgan fingerprint density at radius 3 is 2.80 bits per heavy atom. The Balaban J connectivity index is 2.07. The van der Waals surface area contributed by atoms with Gasteiger partial charge >= 0.3 is 0 Å². The van der Waals surface area contributed by atoms with E-state index >= 15 is 0 Å². The van der Waals surface area contributed by atoms with E-state index in [2.05, 4.69) is 20.9 Å². The summed E-state index contributed by atoms with van der Waals surface area (Å²) in [5, 5.41) is 0. The minimum atomic E-state index is -0.147. The van der Waals surface area contributed by atoms with Crippen LogP contribution in [0.5, 0.6) is 0 Å². The summed E-state index contributed by atoms with van der Waals surface area (Å²) in [6, 6.07) is 9.36. The maximum atomic E-state index is 5.99. The molecule has 1 atom stereocenters. The fourth-order valence-electron chi connectivity index (χ4n) is 1.37. The summed E-state index contributed by atoms with van der Waals surface area (Å²) >= 11 is 3.25. The Morgan fingerprint density at radius 1 is 1.33 bits per heavy atom. The molecule has 0 radical (unpaired) electrons. The molecule has 15 heavy (non-hydrogen) atoms. The van der Waals surface area contributed by atoms with Crippen LogP contribution >= 0.6 is 15.9 Å². The molecule has 0 amide bonds. The third-order valence-corrected chi connectivity index (χ3v) is 2.54. The van der Waals surface area contributed by atoms with Crippen molar-refractivity contribution in [2.24, 2.45) is 5.73 Å². The second kappa shape index (κ2) is 4.59. The van der Waals surface area contributed by atoms with Gasteiger partial charge in [-0.05, 0) is 40.2 Å². The summed E-state index contributed by atoms with van der Waals surface area (Å²) in [5.41, 5.74) is 6.96. The van der Waals surface area contributed by atoms with Gasteiger partial charge in [0.25, 0.3) is 0 Å². The maximum Gasteiger partial charge on any atom is 0.169 e. The van der Waals surface area contributed by atoms with Crippen LogP contribution in [-0.4, -0.2) is 4.98 Å². The van der Waals surface area contributed by atoms with E-state index in [1.54, 1.807) is 6.20 Å². The van der Waals surface area contributed by atoms with Crippen LogP contribution < -0.4 is 5.73 Å². The van der Waals surface area contributed by atoms with Crippen molar-refractivity contribution in [1.82, 2.24) is 4.98 Å². The Hall–Kier alpha value is -1.13. The van der Waals surface area contributed by atoms with Gasteiger partial charge in [0.2, 0.25) is 0 Å². The molecule has 2 rings (SSSR count). The molecule has 0 aliphatic rings. The SMILES string of the molecule is NC(Cc1ccccn1)c1ccc(Br)o1. The molecule has 0 fully saturated rings. The molecule has 2 aromatic rings. The fourth-order valence-corrected chi connectivity index (χ4v) is 1.69. The van der Waals surface area contributed by atoms with E-state index in [1.807, 2.05) is 30.3 Å². The molecule has 0 bridgehead atoms. The van der Waals surface area contributed by atoms with Gasteiger partial charge in [-0.15, -0.1) is 0 Å². The first-order valence-corrected chi connectivity index (χ1v) is 5.46. The van der Waals surface area contributed by atoms with Crippen LogP contribution in [0.3, 0.4) is 0 Å². The number of hydrogen-bond donors (Lipinski definition) is 1. The first kappa shape index (κ1) is 10.4. The molecule has 0 spiro atoms. The van der Waals surface area contributed by atoms with Gasteiger partial charge in [0.1, 0.15) is 5.76 Å². The van der Waals surface area contributed by atoms with E-state index in [0.717, 1.165) is 11.5 Å². The molecule has 2 N–H and O–H groups in total. The average molecular weight is 267 g/mol. The number of rotatable bonds is 3. The lowest BCUT2D eigenvalue weighted by atomic mass is 10.1. The quantitative estimate of drug-likeness (QED) is 0.930. The minimum absolute atomic E-state index is 0.147. The Bertz CT molecular complexity index is 427. The van der Waals surface area contributed by atoms with Crippen molar-refractivity contribution in [3.05, 3.63) is 52.7 Å². The number of furan rings is 1. The van der Waals surface area contributed by atoms with E-state index in [-0.39, 0.29) is 6.04 Å². The van der Waals surface area contributed by atoms with Gasteiger partial charge in [0.15, 0.2) is 4.67 Å². The third-order valence-electron chi connectivity index (χ3n) is 2.11. The predicted octanol–water partition coefficient (Wildman–Crippen LogP) is 2.68. The summed E-state index contributed by atoms with van der Waals surface area (Å²) in [4.78, 5) is 4.22. The monoisotopic (exact) mass is 266 g/mol. The van der Waals surface area contributed by atoms with E-state index in [0.29, 0.717) is 11.1 Å². The van der Waals surface area contributed by atoms with Gasteiger partial charge in [-0.3, -0.25) is 4.98 Å². The molecular weight excluding hydrogens is 256 g/mol. The van der Waals surface area contributed by atoms with Gasteiger partial charge in [-0.25, -0.2) is 0 Å². The van der Waals surface area contributed by atoms with Crippen LogP contribution in [0.1, 0.15) is 17.5 Å². The van der Waals surface area contributed by atoms with Crippen molar-refractivity contribution in [3.8, 4) is 0 Å². The Morgan fingerprint density at radius 2 is 2.20 bits per heavy atom. The van der Waals surface area contributed by atoms with Gasteiger partial charge in [0, 0.05) is 18.3 Å². The zero-order valence-electron chi connectivity index (χ0n) is 8.06. The molecule has 0 aliphatic heterocycles. The summed E-state index contributed by atoms with van der Waals surface area (Å²) in [6.45, 7) is 0. The summed E-state index contributed by atoms with van der Waals surface area (Å²) in [6.07, 6.45) is 2.45. The fraction of sp³-hybridized carbons (Fsp3) is 0.182. The van der Waals surface area contributed by atoms with Crippen molar-refractivity contribution < 1.29 is 4.42 Å². The predicted molar refractivity (Wildman–Crippen MR) is 61.3 cm³/mol. The minimum Gasteiger partial charge on any atom is -0.453 e. The van der Waals surface area contributed by atoms with E-state index in [1.165, 1.54) is 0 Å². The standard InChI is InChI=1S/C11H11BrN2O/c12-11-5-4-10(15-11)9(13)7-8-3-1-2-6-14-8/h1-6,9H,7,13H2. The van der Waals surface area contributed by atoms with Crippen molar-refractivity contribution in [1.29, 1.82) is 0 Å². The van der Waals surface area contributed by atoms with E-state index < -0.39 is 0 Å². The molecule has 0 saturated carbocycles. The van der Waals surface area contributed by atoms with Crippen LogP contribution in [-0.2, 0) is 6.42 Å². The van der Waals surface area contributed by atoms with Crippen LogP contribution in [0.25, 0.3) is 0 Å². The number of hydrogen-bond acceptors (Lipinski definition) is 3. The smallest absolute Gasteiger partial charge is 0.169 e. The first-order chi connectivity index (χ1) is 7.25. The topological polar surface area (TPSA) is 52.0 Å². The average Bonchev–Trinajstić information content (AvgIpc) is 2.66. The van der Waals surface area contributed by atoms with Crippen LogP contribution in [0, 0.1) is 0 Å². The number of pyridine rings is 1. The molecule has 4 heteroatoms. The van der Waals surface area contributed by atoms with Crippen LogP contribution in [0.15, 0.2) is 45.6 Å². The molecular formula is C11H11BrN2O. The number of nitrogens with two attached hydrogens (primary N) is 1. The molecule has 3 nitrogen and oxygen atoms in total. The second-order valence-electron chi connectivity index (χ2n) is 3.27. The zero-order chi connectivity index (χ0) is 10.7. The number of nitrogens with zero attached hydrogens (tertiary/aromatic N) is 1. The molecule has 1 unspecified atom stereocenters. The largest absolute Gasteiger partial charge is 0.453 e. The maximum absolute atomic E-state index is 5.99. The van der Waals surface area contributed by atoms with Crippen molar-refractivity contribution >= 4 is 15.9 Å². The lowest BCUT2D eigenvalue weighted by Crippen LogP contribution is -2.13. The number of halogens is 1. The van der Waals surface area contributed by atoms with Gasteiger partial charge < -0.3 is 10.2 Å². The highest BCUT2D eigenvalue weighted by atomic mass is 79.9. The van der Waals surface area contributed by atoms with E-state index in [9.17, 15) is 0 Å². The second-order valence-corrected chi connectivity index (χ2v) is 4.06. The third kappa shape index (κ3) is 2.67. The van der Waals surface area contributed by atoms with Gasteiger partial charge in [-0.1, -0.05) is 6.07 Å². The molecule has 0 aromatic carbocycles. The lowest BCUT2D eigenvalue weighted by molar-refractivity contribution is 0.446. The Kier molecular flexibility index (Phi) is 3.18. The Labute approximate surface area is 96.4 Å². The molecule has 78 valence electrons.